The van der Waals surface area contributed by atoms with E-state index in [1.54, 1.807) is 19.2 Å². The van der Waals surface area contributed by atoms with Crippen molar-refractivity contribution in [3.8, 4) is 6.07 Å². The molecule has 0 fully saturated rings. The SMILES string of the molecule is CN(CCC#N)C(=O)NCc1ccc(C(=O)O)cc1. The zero-order chi connectivity index (χ0) is 14.3. The molecule has 0 atom stereocenters. The molecule has 1 aromatic carbocycles. The van der Waals surface area contributed by atoms with Crippen LogP contribution in [0, 0.1) is 11.3 Å². The van der Waals surface area contributed by atoms with Crippen LogP contribution in [0.25, 0.3) is 0 Å². The van der Waals surface area contributed by atoms with E-state index in [1.807, 2.05) is 6.07 Å². The molecule has 100 valence electrons. The van der Waals surface area contributed by atoms with Crippen molar-refractivity contribution in [2.45, 2.75) is 13.0 Å². The zero-order valence-electron chi connectivity index (χ0n) is 10.6. The first kappa shape index (κ1) is 14.5. The van der Waals surface area contributed by atoms with Gasteiger partial charge in [0.2, 0.25) is 0 Å². The summed E-state index contributed by atoms with van der Waals surface area (Å²) in [6, 6.07) is 7.98. The van der Waals surface area contributed by atoms with E-state index in [0.717, 1.165) is 5.56 Å². The van der Waals surface area contributed by atoms with Gasteiger partial charge in [0, 0.05) is 20.1 Å². The van der Waals surface area contributed by atoms with Crippen LogP contribution in [0.15, 0.2) is 24.3 Å². The Morgan fingerprint density at radius 2 is 2.00 bits per heavy atom. The third-order valence-electron chi connectivity index (χ3n) is 2.55. The average Bonchev–Trinajstić information content (AvgIpc) is 2.42. The highest BCUT2D eigenvalue weighted by molar-refractivity contribution is 5.87. The highest BCUT2D eigenvalue weighted by Crippen LogP contribution is 2.04. The van der Waals surface area contributed by atoms with E-state index in [2.05, 4.69) is 5.32 Å². The average molecular weight is 261 g/mol. The fraction of sp³-hybridized carbons (Fsp3) is 0.308. The molecule has 0 unspecified atom stereocenters. The fourth-order valence-electron chi connectivity index (χ4n) is 1.40. The summed E-state index contributed by atoms with van der Waals surface area (Å²) < 4.78 is 0. The molecule has 6 nitrogen and oxygen atoms in total. The lowest BCUT2D eigenvalue weighted by Crippen LogP contribution is -2.37. The second-order valence-corrected chi connectivity index (χ2v) is 3.99. The van der Waals surface area contributed by atoms with Crippen LogP contribution in [0.5, 0.6) is 0 Å². The maximum absolute atomic E-state index is 11.6. The second kappa shape index (κ2) is 7.01. The van der Waals surface area contributed by atoms with E-state index in [1.165, 1.54) is 17.0 Å². The topological polar surface area (TPSA) is 93.4 Å². The van der Waals surface area contributed by atoms with Crippen LogP contribution in [-0.4, -0.2) is 35.6 Å². The van der Waals surface area contributed by atoms with Crippen molar-refractivity contribution in [1.29, 1.82) is 5.26 Å². The number of carboxylic acid groups (broad SMARTS) is 1. The van der Waals surface area contributed by atoms with Crippen molar-refractivity contribution in [3.63, 3.8) is 0 Å². The normalized spacial score (nSPS) is 9.47. The van der Waals surface area contributed by atoms with Crippen molar-refractivity contribution in [2.75, 3.05) is 13.6 Å². The number of nitrogens with one attached hydrogen (secondary N) is 1. The molecular weight excluding hydrogens is 246 g/mol. The van der Waals surface area contributed by atoms with Crippen LogP contribution in [0.3, 0.4) is 0 Å². The quantitative estimate of drug-likeness (QED) is 0.838. The molecule has 0 aromatic heterocycles. The van der Waals surface area contributed by atoms with Gasteiger partial charge in [0.05, 0.1) is 18.1 Å². The van der Waals surface area contributed by atoms with Gasteiger partial charge in [-0.3, -0.25) is 0 Å². The molecule has 0 heterocycles. The summed E-state index contributed by atoms with van der Waals surface area (Å²) >= 11 is 0. The summed E-state index contributed by atoms with van der Waals surface area (Å²) in [4.78, 5) is 23.7. The maximum Gasteiger partial charge on any atom is 0.335 e. The molecule has 1 rings (SSSR count). The van der Waals surface area contributed by atoms with Gasteiger partial charge >= 0.3 is 12.0 Å². The first-order chi connectivity index (χ1) is 9.04. The van der Waals surface area contributed by atoms with Crippen molar-refractivity contribution in [3.05, 3.63) is 35.4 Å². The van der Waals surface area contributed by atoms with Gasteiger partial charge in [-0.2, -0.15) is 5.26 Å². The number of rotatable bonds is 5. The lowest BCUT2D eigenvalue weighted by atomic mass is 10.1. The number of aromatic carboxylic acids is 1. The van der Waals surface area contributed by atoms with Crippen molar-refractivity contribution in [2.24, 2.45) is 0 Å². The highest BCUT2D eigenvalue weighted by atomic mass is 16.4. The molecule has 0 spiro atoms. The third-order valence-corrected chi connectivity index (χ3v) is 2.55. The minimum atomic E-state index is -0.980. The summed E-state index contributed by atoms with van der Waals surface area (Å²) in [7, 11) is 1.61. The molecule has 0 saturated heterocycles. The van der Waals surface area contributed by atoms with Crippen LogP contribution >= 0.6 is 0 Å². The van der Waals surface area contributed by atoms with Crippen molar-refractivity contribution >= 4 is 12.0 Å². The minimum absolute atomic E-state index is 0.209. The Labute approximate surface area is 111 Å². The Morgan fingerprint density at radius 3 is 2.53 bits per heavy atom. The van der Waals surface area contributed by atoms with Gasteiger partial charge in [0.15, 0.2) is 0 Å². The fourth-order valence-corrected chi connectivity index (χ4v) is 1.40. The van der Waals surface area contributed by atoms with Gasteiger partial charge in [0.25, 0.3) is 0 Å². The molecule has 0 aliphatic heterocycles. The van der Waals surface area contributed by atoms with E-state index in [4.69, 9.17) is 10.4 Å². The molecular formula is C13H15N3O3. The monoisotopic (exact) mass is 261 g/mol. The lowest BCUT2D eigenvalue weighted by molar-refractivity contribution is 0.0697. The number of hydrogen-bond donors (Lipinski definition) is 2. The lowest BCUT2D eigenvalue weighted by Gasteiger charge is -2.16. The number of benzene rings is 1. The Morgan fingerprint density at radius 1 is 1.37 bits per heavy atom. The molecule has 2 amide bonds. The molecule has 0 aliphatic rings. The smallest absolute Gasteiger partial charge is 0.335 e. The summed E-state index contributed by atoms with van der Waals surface area (Å²) in [5.74, 6) is -0.980. The number of nitriles is 1. The van der Waals surface area contributed by atoms with Gasteiger partial charge in [-0.05, 0) is 17.7 Å². The van der Waals surface area contributed by atoms with Crippen LogP contribution in [0.4, 0.5) is 4.79 Å². The van der Waals surface area contributed by atoms with E-state index < -0.39 is 5.97 Å². The molecule has 1 aromatic rings. The van der Waals surface area contributed by atoms with Crippen molar-refractivity contribution in [1.82, 2.24) is 10.2 Å². The maximum atomic E-state index is 11.6. The molecule has 0 bridgehead atoms. The van der Waals surface area contributed by atoms with Crippen molar-refractivity contribution < 1.29 is 14.7 Å². The zero-order valence-corrected chi connectivity index (χ0v) is 10.6. The molecule has 2 N–H and O–H groups in total. The number of carbonyl (C=O) groups is 2. The molecule has 6 heteroatoms. The largest absolute Gasteiger partial charge is 0.478 e. The van der Waals surface area contributed by atoms with E-state index >= 15 is 0 Å². The Kier molecular flexibility index (Phi) is 5.35. The Balaban J connectivity index is 2.46. The number of nitrogens with zero attached hydrogens (tertiary/aromatic N) is 2. The second-order valence-electron chi connectivity index (χ2n) is 3.99. The molecule has 0 saturated carbocycles. The van der Waals surface area contributed by atoms with Gasteiger partial charge in [-0.25, -0.2) is 9.59 Å². The van der Waals surface area contributed by atoms with E-state index in [9.17, 15) is 9.59 Å². The molecule has 0 radical (unpaired) electrons. The predicted octanol–water partition coefficient (Wildman–Crippen LogP) is 1.44. The van der Waals surface area contributed by atoms with Gasteiger partial charge in [0.1, 0.15) is 0 Å². The Hall–Kier alpha value is -2.55. The number of amides is 2. The van der Waals surface area contributed by atoms with Crippen LogP contribution in [0.2, 0.25) is 0 Å². The molecule has 19 heavy (non-hydrogen) atoms. The standard InChI is InChI=1S/C13H15N3O3/c1-16(8-2-7-14)13(19)15-9-10-3-5-11(6-4-10)12(17)18/h3-6H,2,8-9H2,1H3,(H,15,19)(H,17,18). The van der Waals surface area contributed by atoms with Crippen LogP contribution in [-0.2, 0) is 6.54 Å². The molecule has 0 aliphatic carbocycles. The summed E-state index contributed by atoms with van der Waals surface area (Å²) in [6.07, 6.45) is 0.289. The summed E-state index contributed by atoms with van der Waals surface area (Å²) in [5, 5.41) is 19.9. The number of hydrogen-bond acceptors (Lipinski definition) is 3. The van der Waals surface area contributed by atoms with Crippen LogP contribution < -0.4 is 5.32 Å². The summed E-state index contributed by atoms with van der Waals surface area (Å²) in [5.41, 5.74) is 1.02. The van der Waals surface area contributed by atoms with Gasteiger partial charge < -0.3 is 15.3 Å². The summed E-state index contributed by atoms with van der Waals surface area (Å²) in [6.45, 7) is 0.690. The Bertz CT molecular complexity index is 491. The minimum Gasteiger partial charge on any atom is -0.478 e. The number of carbonyl (C=O) groups excluding carboxylic acids is 1. The van der Waals surface area contributed by atoms with Gasteiger partial charge in [-0.1, -0.05) is 12.1 Å². The first-order valence-corrected chi connectivity index (χ1v) is 5.72. The van der Waals surface area contributed by atoms with Crippen LogP contribution in [0.1, 0.15) is 22.3 Å². The van der Waals surface area contributed by atoms with Gasteiger partial charge in [-0.15, -0.1) is 0 Å². The van der Waals surface area contributed by atoms with E-state index in [-0.39, 0.29) is 18.0 Å². The van der Waals surface area contributed by atoms with E-state index in [0.29, 0.717) is 13.1 Å². The first-order valence-electron chi connectivity index (χ1n) is 5.72. The third kappa shape index (κ3) is 4.68. The number of carboxylic acids is 1. The highest BCUT2D eigenvalue weighted by Gasteiger charge is 2.07. The number of urea groups is 1. The predicted molar refractivity (Wildman–Crippen MR) is 68.5 cm³/mol.